The Morgan fingerprint density at radius 2 is 2.00 bits per heavy atom. The standard InChI is InChI=1S/C15H17N3O2/c1-2-11(1)16-5-6-18-15-12-8-14-13(19-9-20-14)7-10(12)3-4-17-15/h3-4,7-8,11,16H,1-2,5-6,9H2,(H,17,18). The third-order valence-electron chi connectivity index (χ3n) is 3.69. The summed E-state index contributed by atoms with van der Waals surface area (Å²) >= 11 is 0. The van der Waals surface area contributed by atoms with Crippen LogP contribution in [0.4, 0.5) is 5.82 Å². The maximum Gasteiger partial charge on any atom is 0.231 e. The predicted octanol–water partition coefficient (Wildman–Crippen LogP) is 2.13. The smallest absolute Gasteiger partial charge is 0.231 e. The van der Waals surface area contributed by atoms with Gasteiger partial charge in [0.2, 0.25) is 6.79 Å². The lowest BCUT2D eigenvalue weighted by atomic mass is 10.1. The van der Waals surface area contributed by atoms with Crippen LogP contribution in [0.5, 0.6) is 11.5 Å². The zero-order chi connectivity index (χ0) is 13.4. The predicted molar refractivity (Wildman–Crippen MR) is 77.4 cm³/mol. The molecule has 5 nitrogen and oxygen atoms in total. The first kappa shape index (κ1) is 11.8. The van der Waals surface area contributed by atoms with E-state index in [2.05, 4.69) is 15.6 Å². The molecule has 104 valence electrons. The zero-order valence-electron chi connectivity index (χ0n) is 11.2. The molecule has 2 N–H and O–H groups in total. The van der Waals surface area contributed by atoms with Crippen LogP contribution in [0.25, 0.3) is 10.8 Å². The number of hydrogen-bond acceptors (Lipinski definition) is 5. The monoisotopic (exact) mass is 271 g/mol. The molecule has 0 saturated heterocycles. The Kier molecular flexibility index (Phi) is 2.85. The molecule has 1 saturated carbocycles. The van der Waals surface area contributed by atoms with Crippen molar-refractivity contribution < 1.29 is 9.47 Å². The fraction of sp³-hybridized carbons (Fsp3) is 0.400. The highest BCUT2D eigenvalue weighted by atomic mass is 16.7. The molecule has 0 spiro atoms. The summed E-state index contributed by atoms with van der Waals surface area (Å²) in [6.07, 6.45) is 4.45. The minimum atomic E-state index is 0.299. The van der Waals surface area contributed by atoms with E-state index < -0.39 is 0 Å². The van der Waals surface area contributed by atoms with Gasteiger partial charge in [0, 0.05) is 30.7 Å². The molecule has 2 aromatic rings. The summed E-state index contributed by atoms with van der Waals surface area (Å²) in [4.78, 5) is 4.43. The number of aromatic nitrogens is 1. The highest BCUT2D eigenvalue weighted by Crippen LogP contribution is 2.37. The van der Waals surface area contributed by atoms with E-state index in [0.717, 1.165) is 47.2 Å². The lowest BCUT2D eigenvalue weighted by Gasteiger charge is -2.10. The highest BCUT2D eigenvalue weighted by molar-refractivity contribution is 5.94. The van der Waals surface area contributed by atoms with Crippen molar-refractivity contribution in [3.05, 3.63) is 24.4 Å². The molecule has 0 radical (unpaired) electrons. The molecule has 0 atom stereocenters. The first-order chi connectivity index (χ1) is 9.90. The normalized spacial score (nSPS) is 16.6. The van der Waals surface area contributed by atoms with Gasteiger partial charge in [0.15, 0.2) is 11.5 Å². The van der Waals surface area contributed by atoms with Gasteiger partial charge in [-0.15, -0.1) is 0 Å². The molecule has 1 aromatic carbocycles. The first-order valence-electron chi connectivity index (χ1n) is 7.06. The van der Waals surface area contributed by atoms with Crippen molar-refractivity contribution in [2.75, 3.05) is 25.2 Å². The van der Waals surface area contributed by atoms with Gasteiger partial charge >= 0.3 is 0 Å². The van der Waals surface area contributed by atoms with Gasteiger partial charge in [-0.1, -0.05) is 0 Å². The van der Waals surface area contributed by atoms with Gasteiger partial charge in [-0.2, -0.15) is 0 Å². The SMILES string of the molecule is c1cc2cc3c(cc2c(NCCNC2CC2)n1)OCO3. The molecule has 0 amide bonds. The fourth-order valence-corrected chi connectivity index (χ4v) is 2.45. The van der Waals surface area contributed by atoms with Crippen molar-refractivity contribution in [3.63, 3.8) is 0 Å². The molecule has 0 bridgehead atoms. The zero-order valence-corrected chi connectivity index (χ0v) is 11.2. The van der Waals surface area contributed by atoms with Crippen LogP contribution in [0.15, 0.2) is 24.4 Å². The molecule has 1 aliphatic heterocycles. The van der Waals surface area contributed by atoms with Crippen molar-refractivity contribution in [1.82, 2.24) is 10.3 Å². The summed E-state index contributed by atoms with van der Waals surface area (Å²) in [7, 11) is 0. The van der Waals surface area contributed by atoms with E-state index in [4.69, 9.17) is 9.47 Å². The van der Waals surface area contributed by atoms with E-state index in [1.807, 2.05) is 24.4 Å². The van der Waals surface area contributed by atoms with Crippen LogP contribution in [-0.2, 0) is 0 Å². The first-order valence-corrected chi connectivity index (χ1v) is 7.06. The number of pyridine rings is 1. The number of rotatable bonds is 5. The van der Waals surface area contributed by atoms with Crippen LogP contribution < -0.4 is 20.1 Å². The summed E-state index contributed by atoms with van der Waals surface area (Å²) in [5, 5.41) is 9.06. The Bertz CT molecular complexity index is 640. The van der Waals surface area contributed by atoms with Crippen LogP contribution in [0, 0.1) is 0 Å². The second kappa shape index (κ2) is 4.83. The molecule has 2 heterocycles. The number of hydrogen-bond donors (Lipinski definition) is 2. The molecule has 4 rings (SSSR count). The van der Waals surface area contributed by atoms with Crippen molar-refractivity contribution in [1.29, 1.82) is 0 Å². The number of ether oxygens (including phenoxy) is 2. The van der Waals surface area contributed by atoms with Gasteiger partial charge in [-0.25, -0.2) is 4.98 Å². The van der Waals surface area contributed by atoms with Crippen molar-refractivity contribution in [3.8, 4) is 11.5 Å². The topological polar surface area (TPSA) is 55.4 Å². The Morgan fingerprint density at radius 1 is 1.15 bits per heavy atom. The summed E-state index contributed by atoms with van der Waals surface area (Å²) < 4.78 is 10.8. The van der Waals surface area contributed by atoms with Gasteiger partial charge in [0.1, 0.15) is 5.82 Å². The van der Waals surface area contributed by atoms with E-state index in [1.54, 1.807) is 0 Å². The van der Waals surface area contributed by atoms with Gasteiger partial charge < -0.3 is 20.1 Å². The summed E-state index contributed by atoms with van der Waals surface area (Å²) in [5.41, 5.74) is 0. The van der Waals surface area contributed by atoms with Crippen molar-refractivity contribution in [2.45, 2.75) is 18.9 Å². The van der Waals surface area contributed by atoms with Crippen molar-refractivity contribution >= 4 is 16.6 Å². The maximum atomic E-state index is 5.44. The third kappa shape index (κ3) is 2.25. The molecule has 20 heavy (non-hydrogen) atoms. The minimum Gasteiger partial charge on any atom is -0.454 e. The lowest BCUT2D eigenvalue weighted by Crippen LogP contribution is -2.24. The van der Waals surface area contributed by atoms with Gasteiger partial charge in [-0.05, 0) is 36.4 Å². The van der Waals surface area contributed by atoms with E-state index in [1.165, 1.54) is 12.8 Å². The van der Waals surface area contributed by atoms with Gasteiger partial charge in [0.05, 0.1) is 0 Å². The fourth-order valence-electron chi connectivity index (χ4n) is 2.45. The van der Waals surface area contributed by atoms with Gasteiger partial charge in [-0.3, -0.25) is 0 Å². The Hall–Kier alpha value is -2.01. The van der Waals surface area contributed by atoms with Crippen LogP contribution in [0.3, 0.4) is 0 Å². The molecular weight excluding hydrogens is 254 g/mol. The van der Waals surface area contributed by atoms with E-state index in [-0.39, 0.29) is 0 Å². The Labute approximate surface area is 117 Å². The van der Waals surface area contributed by atoms with Crippen molar-refractivity contribution in [2.24, 2.45) is 0 Å². The van der Waals surface area contributed by atoms with E-state index in [0.29, 0.717) is 6.79 Å². The second-order valence-electron chi connectivity index (χ2n) is 5.24. The number of nitrogens with one attached hydrogen (secondary N) is 2. The van der Waals surface area contributed by atoms with Crippen LogP contribution in [-0.4, -0.2) is 30.9 Å². The average molecular weight is 271 g/mol. The van der Waals surface area contributed by atoms with Crippen LogP contribution in [0.1, 0.15) is 12.8 Å². The molecule has 5 heteroatoms. The third-order valence-corrected chi connectivity index (χ3v) is 3.69. The molecule has 2 aliphatic rings. The largest absolute Gasteiger partial charge is 0.454 e. The minimum absolute atomic E-state index is 0.299. The molecule has 0 unspecified atom stereocenters. The summed E-state index contributed by atoms with van der Waals surface area (Å²) in [6, 6.07) is 6.74. The quantitative estimate of drug-likeness (QED) is 0.816. The van der Waals surface area contributed by atoms with E-state index >= 15 is 0 Å². The molecule has 1 aliphatic carbocycles. The number of benzene rings is 1. The second-order valence-corrected chi connectivity index (χ2v) is 5.24. The number of nitrogens with zero attached hydrogens (tertiary/aromatic N) is 1. The van der Waals surface area contributed by atoms with Crippen LogP contribution in [0.2, 0.25) is 0 Å². The molecule has 1 fully saturated rings. The maximum absolute atomic E-state index is 5.44. The summed E-state index contributed by atoms with van der Waals surface area (Å²) in [5.74, 6) is 2.51. The number of anilines is 1. The average Bonchev–Trinajstić information content (AvgIpc) is 3.18. The van der Waals surface area contributed by atoms with E-state index in [9.17, 15) is 0 Å². The Balaban J connectivity index is 1.55. The Morgan fingerprint density at radius 3 is 2.85 bits per heavy atom. The van der Waals surface area contributed by atoms with Gasteiger partial charge in [0.25, 0.3) is 0 Å². The number of fused-ring (bicyclic) bond motifs is 2. The van der Waals surface area contributed by atoms with Crippen LogP contribution >= 0.6 is 0 Å². The summed E-state index contributed by atoms with van der Waals surface area (Å²) in [6.45, 7) is 2.14. The molecule has 1 aromatic heterocycles. The lowest BCUT2D eigenvalue weighted by molar-refractivity contribution is 0.174. The highest BCUT2D eigenvalue weighted by Gasteiger charge is 2.19. The molecular formula is C15H17N3O2.